The van der Waals surface area contributed by atoms with Gasteiger partial charge in [-0.05, 0) is 54.4 Å². The zero-order valence-corrected chi connectivity index (χ0v) is 14.7. The molecule has 3 heterocycles. The molecule has 2 bridgehead atoms. The molecule has 2 atom stereocenters. The summed E-state index contributed by atoms with van der Waals surface area (Å²) in [6.45, 7) is 4.29. The molecule has 1 saturated carbocycles. The van der Waals surface area contributed by atoms with E-state index in [0.29, 0.717) is 12.0 Å². The Kier molecular flexibility index (Phi) is 3.78. The van der Waals surface area contributed by atoms with Crippen LogP contribution in [0.25, 0.3) is 10.8 Å². The van der Waals surface area contributed by atoms with Crippen LogP contribution in [-0.4, -0.2) is 47.9 Å². The first-order valence-corrected chi connectivity index (χ1v) is 9.79. The Morgan fingerprint density at radius 3 is 2.64 bits per heavy atom. The molecule has 0 unspecified atom stereocenters. The normalized spacial score (nSPS) is 26.8. The molecule has 3 saturated heterocycles. The molecule has 0 spiro atoms. The van der Waals surface area contributed by atoms with Crippen molar-refractivity contribution in [2.45, 2.75) is 31.7 Å². The van der Waals surface area contributed by atoms with Crippen LogP contribution in [0.15, 0.2) is 42.5 Å². The summed E-state index contributed by atoms with van der Waals surface area (Å²) in [6.07, 6.45) is 5.36. The Morgan fingerprint density at radius 2 is 1.76 bits per heavy atom. The average Bonchev–Trinajstić information content (AvgIpc) is 3.48. The number of amides is 1. The summed E-state index contributed by atoms with van der Waals surface area (Å²) in [5.41, 5.74) is 0.869. The second-order valence-corrected chi connectivity index (χ2v) is 8.23. The van der Waals surface area contributed by atoms with E-state index in [0.717, 1.165) is 35.3 Å². The molecule has 4 fully saturated rings. The number of rotatable bonds is 3. The zero-order chi connectivity index (χ0) is 16.8. The van der Waals surface area contributed by atoms with Gasteiger partial charge in [0.1, 0.15) is 0 Å². The van der Waals surface area contributed by atoms with E-state index >= 15 is 0 Å². The van der Waals surface area contributed by atoms with Crippen molar-refractivity contribution in [3.63, 3.8) is 0 Å². The van der Waals surface area contributed by atoms with Crippen molar-refractivity contribution in [3.05, 3.63) is 48.0 Å². The molecule has 6 rings (SSSR count). The highest BCUT2D eigenvalue weighted by Crippen LogP contribution is 2.35. The zero-order valence-electron chi connectivity index (χ0n) is 14.7. The van der Waals surface area contributed by atoms with E-state index in [9.17, 15) is 4.79 Å². The third kappa shape index (κ3) is 2.95. The third-order valence-electron chi connectivity index (χ3n) is 6.32. The lowest BCUT2D eigenvalue weighted by atomic mass is 9.95. The predicted molar refractivity (Wildman–Crippen MR) is 101 cm³/mol. The molecular weight excluding hydrogens is 308 g/mol. The molecule has 1 aliphatic carbocycles. The van der Waals surface area contributed by atoms with Gasteiger partial charge in [-0.2, -0.15) is 0 Å². The Balaban J connectivity index is 1.42. The number of fused-ring (bicyclic) bond motifs is 5. The molecule has 3 nitrogen and oxygen atoms in total. The number of hydrogen-bond acceptors (Lipinski definition) is 2. The van der Waals surface area contributed by atoms with Gasteiger partial charge in [-0.3, -0.25) is 9.69 Å². The van der Waals surface area contributed by atoms with Crippen molar-refractivity contribution in [1.82, 2.24) is 9.80 Å². The smallest absolute Gasteiger partial charge is 0.254 e. The van der Waals surface area contributed by atoms with Gasteiger partial charge in [0.05, 0.1) is 0 Å². The van der Waals surface area contributed by atoms with Gasteiger partial charge < -0.3 is 4.90 Å². The Hall–Kier alpha value is -1.87. The quantitative estimate of drug-likeness (QED) is 0.853. The average molecular weight is 334 g/mol. The maximum absolute atomic E-state index is 13.3. The van der Waals surface area contributed by atoms with E-state index in [2.05, 4.69) is 28.0 Å². The fraction of sp³-hybridized carbons (Fsp3) is 0.500. The number of carbonyl (C=O) groups excluding carboxylic acids is 1. The molecule has 2 aromatic rings. The van der Waals surface area contributed by atoms with Crippen molar-refractivity contribution in [1.29, 1.82) is 0 Å². The summed E-state index contributed by atoms with van der Waals surface area (Å²) in [5.74, 6) is 1.81. The summed E-state index contributed by atoms with van der Waals surface area (Å²) < 4.78 is 0. The lowest BCUT2D eigenvalue weighted by molar-refractivity contribution is 0.0738. The minimum Gasteiger partial charge on any atom is -0.337 e. The summed E-state index contributed by atoms with van der Waals surface area (Å²) >= 11 is 0. The van der Waals surface area contributed by atoms with E-state index in [1.54, 1.807) is 0 Å². The second-order valence-electron chi connectivity index (χ2n) is 8.23. The Morgan fingerprint density at radius 1 is 0.920 bits per heavy atom. The van der Waals surface area contributed by atoms with Crippen molar-refractivity contribution < 1.29 is 4.79 Å². The largest absolute Gasteiger partial charge is 0.337 e. The Labute approximate surface area is 149 Å². The van der Waals surface area contributed by atoms with Crippen LogP contribution in [0.1, 0.15) is 36.0 Å². The van der Waals surface area contributed by atoms with E-state index < -0.39 is 0 Å². The number of piperidine rings is 1. The third-order valence-corrected chi connectivity index (χ3v) is 6.32. The van der Waals surface area contributed by atoms with Gasteiger partial charge in [0.25, 0.3) is 5.91 Å². The molecule has 4 aliphatic rings. The molecule has 3 heteroatoms. The van der Waals surface area contributed by atoms with Crippen LogP contribution in [-0.2, 0) is 0 Å². The van der Waals surface area contributed by atoms with Crippen LogP contribution in [0.5, 0.6) is 0 Å². The van der Waals surface area contributed by atoms with Crippen molar-refractivity contribution >= 4 is 16.7 Å². The first-order valence-electron chi connectivity index (χ1n) is 9.79. The van der Waals surface area contributed by atoms with E-state index in [1.165, 1.54) is 38.8 Å². The number of nitrogens with zero attached hydrogens (tertiary/aromatic N) is 2. The number of carbonyl (C=O) groups is 1. The Bertz CT molecular complexity index is 792. The molecule has 1 amide bonds. The molecular formula is C22H26N2O. The van der Waals surface area contributed by atoms with Crippen molar-refractivity contribution in [2.75, 3.05) is 26.2 Å². The van der Waals surface area contributed by atoms with Crippen LogP contribution >= 0.6 is 0 Å². The van der Waals surface area contributed by atoms with E-state index in [-0.39, 0.29) is 5.91 Å². The summed E-state index contributed by atoms with van der Waals surface area (Å²) in [5, 5.41) is 2.24. The molecule has 25 heavy (non-hydrogen) atoms. The highest BCUT2D eigenvalue weighted by Gasteiger charge is 2.38. The molecule has 130 valence electrons. The number of benzene rings is 2. The van der Waals surface area contributed by atoms with Crippen LogP contribution in [0.3, 0.4) is 0 Å². The van der Waals surface area contributed by atoms with Gasteiger partial charge in [0.2, 0.25) is 0 Å². The van der Waals surface area contributed by atoms with Crippen LogP contribution in [0.4, 0.5) is 0 Å². The number of hydrogen-bond donors (Lipinski definition) is 0. The summed E-state index contributed by atoms with van der Waals surface area (Å²) in [7, 11) is 0. The second kappa shape index (κ2) is 6.14. The fourth-order valence-electron chi connectivity index (χ4n) is 4.78. The molecule has 3 aliphatic heterocycles. The molecule has 0 aromatic heterocycles. The first kappa shape index (κ1) is 15.4. The molecule has 2 aromatic carbocycles. The van der Waals surface area contributed by atoms with Crippen molar-refractivity contribution in [3.8, 4) is 0 Å². The lowest BCUT2D eigenvalue weighted by Gasteiger charge is -2.36. The molecule has 0 radical (unpaired) electrons. The fourth-order valence-corrected chi connectivity index (χ4v) is 4.78. The predicted octanol–water partition coefficient (Wildman–Crippen LogP) is 3.79. The van der Waals surface area contributed by atoms with Gasteiger partial charge in [0, 0.05) is 37.8 Å². The van der Waals surface area contributed by atoms with Crippen LogP contribution < -0.4 is 0 Å². The minimum absolute atomic E-state index is 0.224. The topological polar surface area (TPSA) is 23.6 Å². The first-order chi connectivity index (χ1) is 12.3. The van der Waals surface area contributed by atoms with Gasteiger partial charge in [-0.1, -0.05) is 36.4 Å². The minimum atomic E-state index is 0.224. The highest BCUT2D eigenvalue weighted by atomic mass is 16.2. The summed E-state index contributed by atoms with van der Waals surface area (Å²) in [4.78, 5) is 18.2. The van der Waals surface area contributed by atoms with Gasteiger partial charge >= 0.3 is 0 Å². The molecule has 0 N–H and O–H groups in total. The highest BCUT2D eigenvalue weighted by molar-refractivity contribution is 6.07. The van der Waals surface area contributed by atoms with Crippen molar-refractivity contribution in [2.24, 2.45) is 11.8 Å². The maximum atomic E-state index is 13.3. The maximum Gasteiger partial charge on any atom is 0.254 e. The van der Waals surface area contributed by atoms with Gasteiger partial charge in [-0.15, -0.1) is 0 Å². The van der Waals surface area contributed by atoms with E-state index in [4.69, 9.17) is 0 Å². The van der Waals surface area contributed by atoms with Crippen LogP contribution in [0, 0.1) is 11.8 Å². The SMILES string of the molecule is O=C(c1cccc2ccccc12)N1C[C@@H]2CC[C@H](C1)N(CC1CC1)C2. The van der Waals surface area contributed by atoms with Gasteiger partial charge in [0.15, 0.2) is 0 Å². The van der Waals surface area contributed by atoms with E-state index in [1.807, 2.05) is 24.3 Å². The lowest BCUT2D eigenvalue weighted by Crippen LogP contribution is -2.45. The monoisotopic (exact) mass is 334 g/mol. The van der Waals surface area contributed by atoms with Gasteiger partial charge in [-0.25, -0.2) is 0 Å². The standard InChI is InChI=1S/C22H26N2O/c25-22(21-7-3-5-18-4-1-2-6-20(18)21)24-14-17-10-11-19(15-24)23(13-17)12-16-8-9-16/h1-7,16-17,19H,8-15H2/t17-,19-/m1/s1. The summed E-state index contributed by atoms with van der Waals surface area (Å²) in [6, 6.07) is 14.9. The van der Waals surface area contributed by atoms with Crippen LogP contribution in [0.2, 0.25) is 0 Å².